The molecule has 0 saturated heterocycles. The Balaban J connectivity index is 2.22. The Morgan fingerprint density at radius 3 is 2.50 bits per heavy atom. The maximum atomic E-state index is 15.4. The lowest BCUT2D eigenvalue weighted by Gasteiger charge is -2.33. The molecule has 2 aromatic rings. The average Bonchev–Trinajstić information content (AvgIpc) is 3.10. The minimum Gasteiger partial charge on any atom is -0.393 e. The molecular weight excluding hydrogens is 309 g/mol. The maximum Gasteiger partial charge on any atom is 0.737 e. The first kappa shape index (κ1) is 15.1. The van der Waals surface area contributed by atoms with E-state index in [0.717, 1.165) is 22.4 Å². The third-order valence-corrected chi connectivity index (χ3v) is 5.01. The number of allylic oxidation sites excluding steroid dienone is 2. The van der Waals surface area contributed by atoms with E-state index in [1.165, 1.54) is 8.96 Å². The predicted octanol–water partition coefficient (Wildman–Crippen LogP) is 3.27. The highest BCUT2D eigenvalue weighted by molar-refractivity contribution is 6.58. The number of aryl methyl sites for hydroxylation is 3. The molecule has 2 aliphatic rings. The van der Waals surface area contributed by atoms with Crippen LogP contribution in [0.5, 0.6) is 0 Å². The van der Waals surface area contributed by atoms with Crippen LogP contribution in [-0.4, -0.2) is 31.2 Å². The van der Waals surface area contributed by atoms with Crippen LogP contribution in [0.2, 0.25) is 0 Å². The fourth-order valence-electron chi connectivity index (χ4n) is 4.14. The molecule has 0 bridgehead atoms. The number of hydrogen-bond acceptors (Lipinski definition) is 1. The van der Waals surface area contributed by atoms with Crippen LogP contribution in [0, 0.1) is 13.8 Å². The molecule has 0 aromatic carbocycles. The van der Waals surface area contributed by atoms with Crippen molar-refractivity contribution in [2.45, 2.75) is 27.7 Å². The molecule has 2 aliphatic heterocycles. The Morgan fingerprint density at radius 2 is 1.88 bits per heavy atom. The van der Waals surface area contributed by atoms with Crippen molar-refractivity contribution in [2.24, 2.45) is 7.05 Å². The van der Waals surface area contributed by atoms with Gasteiger partial charge >= 0.3 is 6.97 Å². The topological polar surface area (TPSA) is 25.8 Å². The number of aromatic nitrogens is 3. The lowest BCUT2D eigenvalue weighted by atomic mass is 9.85. The highest BCUT2D eigenvalue weighted by Crippen LogP contribution is 2.43. The first-order chi connectivity index (χ1) is 11.2. The molecule has 0 unspecified atom stereocenters. The maximum absolute atomic E-state index is 15.4. The number of fused-ring (bicyclic) bond motifs is 2. The average molecular weight is 328 g/mol. The van der Waals surface area contributed by atoms with Gasteiger partial charge in [-0.2, -0.15) is 0 Å². The van der Waals surface area contributed by atoms with E-state index in [4.69, 9.17) is 0 Å². The number of nitrogens with zero attached hydrogens (tertiary/aromatic N) is 4. The zero-order valence-corrected chi connectivity index (χ0v) is 14.4. The molecule has 0 amide bonds. The molecule has 4 rings (SSSR count). The van der Waals surface area contributed by atoms with Crippen molar-refractivity contribution in [3.05, 3.63) is 58.6 Å². The number of hydrogen-bond donors (Lipinski definition) is 0. The van der Waals surface area contributed by atoms with E-state index in [1.807, 2.05) is 37.6 Å². The van der Waals surface area contributed by atoms with Gasteiger partial charge in [-0.15, -0.1) is 0 Å². The van der Waals surface area contributed by atoms with E-state index in [9.17, 15) is 0 Å². The summed E-state index contributed by atoms with van der Waals surface area (Å²) in [5.41, 5.74) is 5.70. The van der Waals surface area contributed by atoms with Crippen molar-refractivity contribution in [3.8, 4) is 0 Å². The standard InChI is InChI=1S/C17H19BF2N4/c1-10-6-12(3)23-16(10)15(14-8-21-9-22(14)5)17-11(2)7-13(4)24(17)18(23,19)20/h6-9H,1-5H3. The molecule has 0 atom stereocenters. The third-order valence-electron chi connectivity index (χ3n) is 5.01. The fraction of sp³-hybridized carbons (Fsp3) is 0.294. The summed E-state index contributed by atoms with van der Waals surface area (Å²) >= 11 is 0. The summed E-state index contributed by atoms with van der Waals surface area (Å²) in [5.74, 6) is 0. The van der Waals surface area contributed by atoms with Crippen molar-refractivity contribution in [3.63, 3.8) is 0 Å². The highest BCUT2D eigenvalue weighted by Gasteiger charge is 2.55. The van der Waals surface area contributed by atoms with Gasteiger partial charge in [0.25, 0.3) is 0 Å². The summed E-state index contributed by atoms with van der Waals surface area (Å²) in [6.07, 6.45) is 5.27. The Hall–Kier alpha value is -2.44. The predicted molar refractivity (Wildman–Crippen MR) is 91.2 cm³/mol. The first-order valence-electron chi connectivity index (χ1n) is 7.99. The van der Waals surface area contributed by atoms with Gasteiger partial charge in [0.2, 0.25) is 0 Å². The fourth-order valence-corrected chi connectivity index (χ4v) is 4.14. The van der Waals surface area contributed by atoms with Gasteiger partial charge in [0.05, 0.1) is 23.8 Å². The molecule has 0 radical (unpaired) electrons. The van der Waals surface area contributed by atoms with Crippen molar-refractivity contribution in [1.29, 1.82) is 0 Å². The first-order valence-corrected chi connectivity index (χ1v) is 7.99. The van der Waals surface area contributed by atoms with Gasteiger partial charge in [-0.3, -0.25) is 0 Å². The summed E-state index contributed by atoms with van der Waals surface area (Å²) < 4.78 is 35.1. The molecule has 2 aromatic heterocycles. The Morgan fingerprint density at radius 1 is 1.17 bits per heavy atom. The van der Waals surface area contributed by atoms with Crippen LogP contribution in [0.1, 0.15) is 36.5 Å². The molecule has 0 aliphatic carbocycles. The van der Waals surface area contributed by atoms with Crippen molar-refractivity contribution >= 4 is 18.3 Å². The van der Waals surface area contributed by atoms with Crippen molar-refractivity contribution < 1.29 is 13.1 Å². The summed E-state index contributed by atoms with van der Waals surface area (Å²) in [5, 5.41) is 0. The SMILES string of the molecule is CC1=CC(C)=[N+]2C1=C(c1cncn1C)c1c(C)cc(C)n1[B-]2(F)F. The number of rotatable bonds is 1. The zero-order chi connectivity index (χ0) is 17.4. The van der Waals surface area contributed by atoms with E-state index >= 15 is 8.63 Å². The molecule has 0 spiro atoms. The van der Waals surface area contributed by atoms with Crippen LogP contribution in [0.25, 0.3) is 5.57 Å². The van der Waals surface area contributed by atoms with E-state index in [2.05, 4.69) is 4.98 Å². The third kappa shape index (κ3) is 1.67. The van der Waals surface area contributed by atoms with Crippen molar-refractivity contribution in [1.82, 2.24) is 14.0 Å². The van der Waals surface area contributed by atoms with Crippen LogP contribution in [0.15, 0.2) is 35.9 Å². The minimum atomic E-state index is -3.92. The Kier molecular flexibility index (Phi) is 2.87. The van der Waals surface area contributed by atoms with Gasteiger partial charge in [-0.1, -0.05) is 0 Å². The van der Waals surface area contributed by atoms with Gasteiger partial charge in [0, 0.05) is 31.3 Å². The molecule has 0 fully saturated rings. The Labute approximate surface area is 139 Å². The second kappa shape index (κ2) is 4.56. The van der Waals surface area contributed by atoms with Crippen LogP contribution in [0.4, 0.5) is 8.63 Å². The summed E-state index contributed by atoms with van der Waals surface area (Å²) in [4.78, 5) is 4.19. The molecule has 4 nitrogen and oxygen atoms in total. The number of halogens is 2. The Bertz CT molecular complexity index is 988. The summed E-state index contributed by atoms with van der Waals surface area (Å²) in [6.45, 7) is 3.35. The minimum absolute atomic E-state index is 0.573. The van der Waals surface area contributed by atoms with Gasteiger partial charge in [0.15, 0.2) is 5.70 Å². The van der Waals surface area contributed by atoms with Gasteiger partial charge in [-0.25, -0.2) is 4.98 Å². The van der Waals surface area contributed by atoms with Gasteiger partial charge in [0.1, 0.15) is 5.71 Å². The van der Waals surface area contributed by atoms with Crippen LogP contribution in [0.3, 0.4) is 0 Å². The smallest absolute Gasteiger partial charge is 0.393 e. The monoisotopic (exact) mass is 328 g/mol. The lowest BCUT2D eigenvalue weighted by Crippen LogP contribution is -2.51. The van der Waals surface area contributed by atoms with Crippen LogP contribution < -0.4 is 0 Å². The lowest BCUT2D eigenvalue weighted by molar-refractivity contribution is -0.363. The van der Waals surface area contributed by atoms with Crippen LogP contribution in [-0.2, 0) is 7.05 Å². The largest absolute Gasteiger partial charge is 0.737 e. The molecule has 0 saturated carbocycles. The van der Waals surface area contributed by atoms with E-state index < -0.39 is 6.97 Å². The molecule has 24 heavy (non-hydrogen) atoms. The second-order valence-electron chi connectivity index (χ2n) is 6.73. The summed E-state index contributed by atoms with van der Waals surface area (Å²) in [6, 6.07) is 1.83. The normalized spacial score (nSPS) is 18.9. The van der Waals surface area contributed by atoms with E-state index in [0.29, 0.717) is 22.8 Å². The highest BCUT2D eigenvalue weighted by atomic mass is 19.2. The van der Waals surface area contributed by atoms with Gasteiger partial charge < -0.3 is 22.2 Å². The van der Waals surface area contributed by atoms with Crippen molar-refractivity contribution in [2.75, 3.05) is 0 Å². The molecule has 124 valence electrons. The van der Waals surface area contributed by atoms with E-state index in [1.54, 1.807) is 26.4 Å². The molecular formula is C17H19BF2N4. The molecule has 4 heterocycles. The quantitative estimate of drug-likeness (QED) is 0.738. The molecule has 7 heteroatoms. The van der Waals surface area contributed by atoms with Gasteiger partial charge in [-0.05, 0) is 38.1 Å². The second-order valence-corrected chi connectivity index (χ2v) is 6.73. The van der Waals surface area contributed by atoms with E-state index in [-0.39, 0.29) is 0 Å². The number of imidazole rings is 1. The van der Waals surface area contributed by atoms with Crippen LogP contribution >= 0.6 is 0 Å². The molecule has 0 N–H and O–H groups in total. The zero-order valence-electron chi connectivity index (χ0n) is 14.4. The summed E-state index contributed by atoms with van der Waals surface area (Å²) in [7, 11) is 1.89.